The second kappa shape index (κ2) is 4.84. The molecule has 1 aromatic heterocycles. The molecule has 2 fully saturated rings. The summed E-state index contributed by atoms with van der Waals surface area (Å²) < 4.78 is 27.9. The van der Waals surface area contributed by atoms with Gasteiger partial charge in [0.15, 0.2) is 0 Å². The molecule has 0 unspecified atom stereocenters. The van der Waals surface area contributed by atoms with Crippen molar-refractivity contribution in [2.24, 2.45) is 11.8 Å². The molecule has 0 aliphatic heterocycles. The summed E-state index contributed by atoms with van der Waals surface area (Å²) in [5.74, 6) is 1.08. The molecule has 19 heavy (non-hydrogen) atoms. The number of aliphatic hydroxyl groups excluding tert-OH is 1. The van der Waals surface area contributed by atoms with Crippen molar-refractivity contribution in [2.45, 2.75) is 50.2 Å². The van der Waals surface area contributed by atoms with Crippen LogP contribution in [0.15, 0.2) is 11.0 Å². The van der Waals surface area contributed by atoms with E-state index in [9.17, 15) is 8.42 Å². The average Bonchev–Trinajstić information content (AvgIpc) is 3.24. The summed E-state index contributed by atoms with van der Waals surface area (Å²) in [5, 5.41) is 9.11. The molecule has 0 amide bonds. The number of nitrogens with one attached hydrogen (secondary N) is 1. The lowest BCUT2D eigenvalue weighted by molar-refractivity contribution is 0.285. The van der Waals surface area contributed by atoms with Gasteiger partial charge in [-0.2, -0.15) is 0 Å². The molecule has 2 N–H and O–H groups in total. The Morgan fingerprint density at radius 3 is 2.37 bits per heavy atom. The van der Waals surface area contributed by atoms with Gasteiger partial charge in [-0.1, -0.05) is 0 Å². The van der Waals surface area contributed by atoms with Gasteiger partial charge in [0.2, 0.25) is 10.0 Å². The summed E-state index contributed by atoms with van der Waals surface area (Å²) in [6.45, 7) is 1.69. The number of thiophene rings is 1. The molecule has 0 radical (unpaired) electrons. The third-order valence-electron chi connectivity index (χ3n) is 3.92. The number of aliphatic hydroxyl groups is 1. The van der Waals surface area contributed by atoms with Crippen molar-refractivity contribution in [2.75, 3.05) is 0 Å². The Hall–Kier alpha value is -0.430. The zero-order valence-corrected chi connectivity index (χ0v) is 12.6. The van der Waals surface area contributed by atoms with Gasteiger partial charge in [0, 0.05) is 15.8 Å². The van der Waals surface area contributed by atoms with Crippen molar-refractivity contribution in [1.82, 2.24) is 4.72 Å². The molecule has 0 atom stereocenters. The maximum Gasteiger partial charge on any atom is 0.241 e. The fraction of sp³-hybridized carbons (Fsp3) is 0.692. The third-order valence-corrected chi connectivity index (χ3v) is 6.67. The van der Waals surface area contributed by atoms with E-state index in [4.69, 9.17) is 5.11 Å². The number of hydrogen-bond acceptors (Lipinski definition) is 4. The fourth-order valence-electron chi connectivity index (χ4n) is 2.60. The first-order valence-electron chi connectivity index (χ1n) is 6.74. The summed E-state index contributed by atoms with van der Waals surface area (Å²) >= 11 is 1.35. The largest absolute Gasteiger partial charge is 0.391 e. The van der Waals surface area contributed by atoms with E-state index >= 15 is 0 Å². The van der Waals surface area contributed by atoms with Gasteiger partial charge in [0.25, 0.3) is 0 Å². The lowest BCUT2D eigenvalue weighted by Gasteiger charge is -2.17. The molecule has 0 bridgehead atoms. The maximum absolute atomic E-state index is 12.5. The maximum atomic E-state index is 12.5. The van der Waals surface area contributed by atoms with Crippen molar-refractivity contribution in [1.29, 1.82) is 0 Å². The highest BCUT2D eigenvalue weighted by Crippen LogP contribution is 2.45. The standard InChI is InChI=1S/C13H19NO3S2/c1-8-12(6-11(7-15)18-8)19(16,17)14-13(9-2-3-9)10-4-5-10/h6,9-10,13-15H,2-5,7H2,1H3. The van der Waals surface area contributed by atoms with Gasteiger partial charge in [-0.25, -0.2) is 13.1 Å². The Bertz CT molecular complexity index is 559. The highest BCUT2D eigenvalue weighted by atomic mass is 32.2. The van der Waals surface area contributed by atoms with Crippen molar-refractivity contribution >= 4 is 21.4 Å². The second-order valence-corrected chi connectivity index (χ2v) is 8.64. The van der Waals surface area contributed by atoms with Crippen LogP contribution in [0, 0.1) is 18.8 Å². The zero-order valence-electron chi connectivity index (χ0n) is 10.9. The van der Waals surface area contributed by atoms with Crippen LogP contribution >= 0.6 is 11.3 Å². The molecular weight excluding hydrogens is 282 g/mol. The Kier molecular flexibility index (Phi) is 3.45. The molecule has 2 saturated carbocycles. The molecule has 2 aliphatic rings. The third kappa shape index (κ3) is 2.86. The van der Waals surface area contributed by atoms with Gasteiger partial charge < -0.3 is 5.11 Å². The van der Waals surface area contributed by atoms with Crippen LogP contribution in [-0.4, -0.2) is 19.6 Å². The first kappa shape index (κ1) is 13.5. The van der Waals surface area contributed by atoms with Crippen LogP contribution in [0.3, 0.4) is 0 Å². The molecule has 1 aromatic rings. The molecule has 1 heterocycles. The molecule has 0 aromatic carbocycles. The van der Waals surface area contributed by atoms with Crippen LogP contribution in [0.2, 0.25) is 0 Å². The van der Waals surface area contributed by atoms with E-state index in [-0.39, 0.29) is 12.6 Å². The van der Waals surface area contributed by atoms with Gasteiger partial charge in [0.05, 0.1) is 11.5 Å². The summed E-state index contributed by atoms with van der Waals surface area (Å²) in [7, 11) is -3.44. The van der Waals surface area contributed by atoms with E-state index in [1.165, 1.54) is 11.3 Å². The average molecular weight is 301 g/mol. The van der Waals surface area contributed by atoms with Crippen molar-refractivity contribution in [3.63, 3.8) is 0 Å². The van der Waals surface area contributed by atoms with E-state index in [0.717, 1.165) is 30.6 Å². The molecule has 6 heteroatoms. The Labute approximate surface area is 117 Å². The number of hydrogen-bond donors (Lipinski definition) is 2. The fourth-order valence-corrected chi connectivity index (χ4v) is 5.47. The van der Waals surface area contributed by atoms with Gasteiger partial charge in [0.1, 0.15) is 0 Å². The van der Waals surface area contributed by atoms with E-state index in [1.54, 1.807) is 13.0 Å². The smallest absolute Gasteiger partial charge is 0.241 e. The van der Waals surface area contributed by atoms with Crippen LogP contribution in [0.25, 0.3) is 0 Å². The van der Waals surface area contributed by atoms with Crippen LogP contribution in [0.1, 0.15) is 35.4 Å². The minimum atomic E-state index is -3.44. The first-order valence-corrected chi connectivity index (χ1v) is 9.03. The van der Waals surface area contributed by atoms with Crippen LogP contribution in [0.5, 0.6) is 0 Å². The molecule has 106 valence electrons. The molecular formula is C13H19NO3S2. The van der Waals surface area contributed by atoms with Crippen molar-refractivity contribution in [3.8, 4) is 0 Å². The Morgan fingerprint density at radius 1 is 1.37 bits per heavy atom. The quantitative estimate of drug-likeness (QED) is 0.845. The lowest BCUT2D eigenvalue weighted by Crippen LogP contribution is -2.38. The number of sulfonamides is 1. The molecule has 2 aliphatic carbocycles. The van der Waals surface area contributed by atoms with E-state index < -0.39 is 10.0 Å². The topological polar surface area (TPSA) is 66.4 Å². The minimum Gasteiger partial charge on any atom is -0.391 e. The summed E-state index contributed by atoms with van der Waals surface area (Å²) in [5.41, 5.74) is 0. The zero-order chi connectivity index (χ0) is 13.6. The van der Waals surface area contributed by atoms with E-state index in [1.807, 2.05) is 0 Å². The van der Waals surface area contributed by atoms with E-state index in [2.05, 4.69) is 4.72 Å². The summed E-state index contributed by atoms with van der Waals surface area (Å²) in [6, 6.07) is 1.72. The first-order chi connectivity index (χ1) is 9.01. The van der Waals surface area contributed by atoms with Crippen molar-refractivity contribution in [3.05, 3.63) is 15.8 Å². The van der Waals surface area contributed by atoms with Crippen LogP contribution < -0.4 is 4.72 Å². The number of aryl methyl sites for hydroxylation is 1. The molecule has 4 nitrogen and oxygen atoms in total. The number of rotatable bonds is 6. The van der Waals surface area contributed by atoms with Gasteiger partial charge >= 0.3 is 0 Å². The Balaban J connectivity index is 1.82. The predicted octanol–water partition coefficient (Wildman–Crippen LogP) is 2.02. The van der Waals surface area contributed by atoms with Gasteiger partial charge in [-0.05, 0) is 50.5 Å². The molecule has 0 spiro atoms. The van der Waals surface area contributed by atoms with Crippen molar-refractivity contribution < 1.29 is 13.5 Å². The minimum absolute atomic E-state index is 0.101. The van der Waals surface area contributed by atoms with Crippen LogP contribution in [0.4, 0.5) is 0 Å². The lowest BCUT2D eigenvalue weighted by atomic mass is 10.1. The molecule has 0 saturated heterocycles. The van der Waals surface area contributed by atoms with E-state index in [0.29, 0.717) is 21.6 Å². The van der Waals surface area contributed by atoms with Crippen LogP contribution in [-0.2, 0) is 16.6 Å². The summed E-state index contributed by atoms with van der Waals surface area (Å²) in [6.07, 6.45) is 4.59. The predicted molar refractivity (Wildman–Crippen MR) is 74.5 cm³/mol. The SMILES string of the molecule is Cc1sc(CO)cc1S(=O)(=O)NC(C1CC1)C1CC1. The highest BCUT2D eigenvalue weighted by molar-refractivity contribution is 7.89. The highest BCUT2D eigenvalue weighted by Gasteiger charge is 2.43. The summed E-state index contributed by atoms with van der Waals surface area (Å²) in [4.78, 5) is 1.79. The monoisotopic (exact) mass is 301 g/mol. The normalized spacial score (nSPS) is 20.2. The second-order valence-electron chi connectivity index (χ2n) is 5.61. The van der Waals surface area contributed by atoms with Gasteiger partial charge in [-0.3, -0.25) is 0 Å². The van der Waals surface area contributed by atoms with Gasteiger partial charge in [-0.15, -0.1) is 11.3 Å². The molecule has 3 rings (SSSR count). The Morgan fingerprint density at radius 2 is 1.95 bits per heavy atom.